The highest BCUT2D eigenvalue weighted by molar-refractivity contribution is 5.93. The zero-order valence-corrected chi connectivity index (χ0v) is 20.6. The summed E-state index contributed by atoms with van der Waals surface area (Å²) in [5, 5.41) is 0. The van der Waals surface area contributed by atoms with E-state index in [1.165, 1.54) is 5.57 Å². The molecule has 1 heterocycles. The Balaban J connectivity index is 1.47. The second-order valence-corrected chi connectivity index (χ2v) is 11.4. The zero-order chi connectivity index (χ0) is 26.2. The molecule has 0 radical (unpaired) electrons. The van der Waals surface area contributed by atoms with Crippen molar-refractivity contribution in [2.75, 3.05) is 0 Å². The van der Waals surface area contributed by atoms with Crippen molar-refractivity contribution in [2.45, 2.75) is 69.9 Å². The quantitative estimate of drug-likeness (QED) is 0.394. The SMILES string of the molecule is C[C@]12C[C@H](c3ccc(-n4ccnc4)cc3)C3=C4CCC(=O)C=C4CC[C@H]3[C@@H]1CCC2C(F)(F)C(F)(F)F. The highest BCUT2D eigenvalue weighted by Crippen LogP contribution is 2.69. The maximum absolute atomic E-state index is 14.9. The third-order valence-corrected chi connectivity index (χ3v) is 9.64. The Morgan fingerprint density at radius 2 is 1.76 bits per heavy atom. The summed E-state index contributed by atoms with van der Waals surface area (Å²) in [6.07, 6.45) is 4.22. The molecule has 4 aliphatic carbocycles. The lowest BCUT2D eigenvalue weighted by atomic mass is 9.51. The van der Waals surface area contributed by atoms with Crippen LogP contribution in [0, 0.1) is 23.2 Å². The standard InChI is InChI=1S/C29H29F5N2O/c1-27-15-23(17-2-5-19(6-3-17)36-13-12-35-16-36)26-21-9-7-20(37)14-18(21)4-8-22(26)24(27)10-11-25(27)28(30,31)29(32,33)34/h2-3,5-6,12-14,16,22-25H,4,7-11,15H2,1H3/t22-,23+,24-,25?,27-/m0/s1. The van der Waals surface area contributed by atoms with E-state index in [1.54, 1.807) is 25.5 Å². The maximum atomic E-state index is 14.9. The van der Waals surface area contributed by atoms with Crippen LogP contribution in [0.4, 0.5) is 22.0 Å². The van der Waals surface area contributed by atoms with Gasteiger partial charge < -0.3 is 4.57 Å². The molecule has 0 aliphatic heterocycles. The molecular formula is C29H29F5N2O. The van der Waals surface area contributed by atoms with Crippen LogP contribution in [-0.4, -0.2) is 27.4 Å². The molecule has 4 aliphatic rings. The number of halogens is 5. The molecule has 3 nitrogen and oxygen atoms in total. The van der Waals surface area contributed by atoms with Crippen molar-refractivity contribution in [2.24, 2.45) is 23.2 Å². The van der Waals surface area contributed by atoms with Gasteiger partial charge >= 0.3 is 12.1 Å². The van der Waals surface area contributed by atoms with E-state index in [0.717, 1.165) is 22.4 Å². The van der Waals surface area contributed by atoms with Gasteiger partial charge in [-0.05, 0) is 90.7 Å². The van der Waals surface area contributed by atoms with Gasteiger partial charge in [0.25, 0.3) is 0 Å². The lowest BCUT2D eigenvalue weighted by molar-refractivity contribution is -0.315. The molecule has 1 aromatic carbocycles. The van der Waals surface area contributed by atoms with Crippen molar-refractivity contribution in [3.05, 3.63) is 71.3 Å². The second kappa shape index (κ2) is 8.37. The minimum atomic E-state index is -5.57. The number of alkyl halides is 5. The Labute approximate surface area is 212 Å². The number of nitrogens with zero attached hydrogens (tertiary/aromatic N) is 2. The Bertz CT molecular complexity index is 1270. The number of imidazole rings is 1. The van der Waals surface area contributed by atoms with Gasteiger partial charge in [-0.3, -0.25) is 4.79 Å². The monoisotopic (exact) mass is 516 g/mol. The third kappa shape index (κ3) is 3.73. The molecule has 2 aromatic rings. The lowest BCUT2D eigenvalue weighted by Crippen LogP contribution is -2.52. The molecule has 0 N–H and O–H groups in total. The summed E-state index contributed by atoms with van der Waals surface area (Å²) in [4.78, 5) is 16.2. The molecule has 196 valence electrons. The number of rotatable bonds is 3. The van der Waals surface area contributed by atoms with E-state index in [1.807, 2.05) is 35.0 Å². The molecule has 0 spiro atoms. The van der Waals surface area contributed by atoms with Crippen molar-refractivity contribution in [3.63, 3.8) is 0 Å². The molecule has 0 saturated heterocycles. The molecular weight excluding hydrogens is 487 g/mol. The van der Waals surface area contributed by atoms with Crippen LogP contribution in [0.25, 0.3) is 5.69 Å². The summed E-state index contributed by atoms with van der Waals surface area (Å²) in [7, 11) is 0. The number of allylic oxidation sites excluding steroid dienone is 4. The summed E-state index contributed by atoms with van der Waals surface area (Å²) < 4.78 is 72.5. The van der Waals surface area contributed by atoms with Gasteiger partial charge in [0, 0.05) is 36.3 Å². The van der Waals surface area contributed by atoms with Crippen molar-refractivity contribution in [1.82, 2.24) is 9.55 Å². The Morgan fingerprint density at radius 3 is 2.43 bits per heavy atom. The molecule has 1 aromatic heterocycles. The fourth-order valence-corrected chi connectivity index (χ4v) is 8.04. The minimum Gasteiger partial charge on any atom is -0.306 e. The van der Waals surface area contributed by atoms with Crippen LogP contribution in [0.15, 0.2) is 65.8 Å². The number of hydrogen-bond donors (Lipinski definition) is 0. The first kappa shape index (κ1) is 24.6. The van der Waals surface area contributed by atoms with E-state index in [-0.39, 0.29) is 36.4 Å². The van der Waals surface area contributed by atoms with Crippen molar-refractivity contribution < 1.29 is 26.7 Å². The first-order valence-corrected chi connectivity index (χ1v) is 13.0. The minimum absolute atomic E-state index is 0.0496. The van der Waals surface area contributed by atoms with Crippen LogP contribution in [0.3, 0.4) is 0 Å². The van der Waals surface area contributed by atoms with Gasteiger partial charge in [-0.2, -0.15) is 22.0 Å². The van der Waals surface area contributed by atoms with Crippen molar-refractivity contribution in [1.29, 1.82) is 0 Å². The predicted molar refractivity (Wildman–Crippen MR) is 128 cm³/mol. The Morgan fingerprint density at radius 1 is 1.00 bits per heavy atom. The van der Waals surface area contributed by atoms with E-state index >= 15 is 0 Å². The predicted octanol–water partition coefficient (Wildman–Crippen LogP) is 7.59. The van der Waals surface area contributed by atoms with Gasteiger partial charge in [0.15, 0.2) is 5.78 Å². The average molecular weight is 517 g/mol. The first-order valence-electron chi connectivity index (χ1n) is 13.0. The van der Waals surface area contributed by atoms with Crippen LogP contribution in [-0.2, 0) is 4.79 Å². The van der Waals surface area contributed by atoms with Gasteiger partial charge in [0.2, 0.25) is 0 Å². The van der Waals surface area contributed by atoms with Gasteiger partial charge in [0.05, 0.1) is 6.33 Å². The summed E-state index contributed by atoms with van der Waals surface area (Å²) in [6.45, 7) is 1.68. The van der Waals surface area contributed by atoms with Crippen LogP contribution >= 0.6 is 0 Å². The zero-order valence-electron chi connectivity index (χ0n) is 20.6. The van der Waals surface area contributed by atoms with E-state index in [2.05, 4.69) is 4.98 Å². The average Bonchev–Trinajstić information content (AvgIpc) is 3.50. The largest absolute Gasteiger partial charge is 0.453 e. The van der Waals surface area contributed by atoms with Gasteiger partial charge in [-0.1, -0.05) is 24.6 Å². The number of benzene rings is 1. The number of fused-ring (bicyclic) bond motifs is 4. The van der Waals surface area contributed by atoms with Crippen molar-refractivity contribution in [3.8, 4) is 5.69 Å². The molecule has 0 amide bonds. The summed E-state index contributed by atoms with van der Waals surface area (Å²) >= 11 is 0. The van der Waals surface area contributed by atoms with Gasteiger partial charge in [-0.15, -0.1) is 0 Å². The topological polar surface area (TPSA) is 34.9 Å². The first-order chi connectivity index (χ1) is 17.5. The molecule has 6 rings (SSSR count). The highest BCUT2D eigenvalue weighted by atomic mass is 19.4. The fourth-order valence-electron chi connectivity index (χ4n) is 8.04. The van der Waals surface area contributed by atoms with E-state index in [4.69, 9.17) is 0 Å². The Kier molecular flexibility index (Phi) is 5.55. The summed E-state index contributed by atoms with van der Waals surface area (Å²) in [6, 6.07) is 7.80. The number of carbonyl (C=O) groups excluding carboxylic acids is 1. The van der Waals surface area contributed by atoms with Gasteiger partial charge in [-0.25, -0.2) is 4.98 Å². The number of carbonyl (C=O) groups is 1. The molecule has 2 fully saturated rings. The van der Waals surface area contributed by atoms with E-state index < -0.39 is 23.4 Å². The number of aromatic nitrogens is 2. The third-order valence-electron chi connectivity index (χ3n) is 9.64. The number of hydrogen-bond acceptors (Lipinski definition) is 2. The van der Waals surface area contributed by atoms with E-state index in [0.29, 0.717) is 32.1 Å². The summed E-state index contributed by atoms with van der Waals surface area (Å²) in [5.41, 5.74) is 4.03. The summed E-state index contributed by atoms with van der Waals surface area (Å²) in [5.74, 6) is -6.91. The molecule has 2 saturated carbocycles. The Hall–Kier alpha value is -2.77. The van der Waals surface area contributed by atoms with Crippen LogP contribution in [0.1, 0.15) is 63.4 Å². The molecule has 37 heavy (non-hydrogen) atoms. The molecule has 8 heteroatoms. The number of ketones is 1. The molecule has 1 unspecified atom stereocenters. The van der Waals surface area contributed by atoms with Crippen molar-refractivity contribution >= 4 is 5.78 Å². The highest BCUT2D eigenvalue weighted by Gasteiger charge is 2.70. The van der Waals surface area contributed by atoms with Crippen LogP contribution in [0.5, 0.6) is 0 Å². The lowest BCUT2D eigenvalue weighted by Gasteiger charge is -2.53. The van der Waals surface area contributed by atoms with E-state index in [9.17, 15) is 26.7 Å². The van der Waals surface area contributed by atoms with Crippen LogP contribution < -0.4 is 0 Å². The van der Waals surface area contributed by atoms with Gasteiger partial charge in [0.1, 0.15) is 0 Å². The second-order valence-electron chi connectivity index (χ2n) is 11.4. The fraction of sp³-hybridized carbons (Fsp3) is 0.517. The van der Waals surface area contributed by atoms with Crippen LogP contribution in [0.2, 0.25) is 0 Å². The maximum Gasteiger partial charge on any atom is 0.453 e. The smallest absolute Gasteiger partial charge is 0.306 e. The normalized spacial score (nSPS) is 32.1. The molecule has 0 bridgehead atoms. The molecule has 5 atom stereocenters.